The lowest BCUT2D eigenvalue weighted by molar-refractivity contribution is 0.411. The van der Waals surface area contributed by atoms with Crippen molar-refractivity contribution in [3.8, 4) is 0 Å². The maximum Gasteiger partial charge on any atom is 0.244 e. The summed E-state index contributed by atoms with van der Waals surface area (Å²) in [6.45, 7) is 3.29. The van der Waals surface area contributed by atoms with Crippen molar-refractivity contribution in [2.24, 2.45) is 11.7 Å². The van der Waals surface area contributed by atoms with Gasteiger partial charge in [-0.1, -0.05) is 0 Å². The van der Waals surface area contributed by atoms with Crippen molar-refractivity contribution in [1.29, 1.82) is 0 Å². The van der Waals surface area contributed by atoms with E-state index in [1.54, 1.807) is 11.0 Å². The van der Waals surface area contributed by atoms with Crippen molar-refractivity contribution in [1.82, 2.24) is 29.9 Å². The minimum Gasteiger partial charge on any atom is -0.340 e. The Labute approximate surface area is 111 Å². The van der Waals surface area contributed by atoms with Crippen LogP contribution >= 0.6 is 0 Å². The van der Waals surface area contributed by atoms with Crippen LogP contribution in [0.5, 0.6) is 0 Å². The lowest BCUT2D eigenvalue weighted by atomic mass is 9.97. The van der Waals surface area contributed by atoms with E-state index < -0.39 is 0 Å². The molecule has 1 aliphatic rings. The van der Waals surface area contributed by atoms with Gasteiger partial charge in [0, 0.05) is 13.1 Å². The van der Waals surface area contributed by atoms with E-state index >= 15 is 0 Å². The highest BCUT2D eigenvalue weighted by Gasteiger charge is 2.20. The molecule has 19 heavy (non-hydrogen) atoms. The fraction of sp³-hybridized carbons (Fsp3) is 0.636. The van der Waals surface area contributed by atoms with Crippen LogP contribution < -0.4 is 10.6 Å². The van der Waals surface area contributed by atoms with E-state index in [2.05, 4.69) is 30.2 Å². The Bertz CT molecular complexity index is 497. The minimum atomic E-state index is 0.562. The number of nitrogens with one attached hydrogen (secondary N) is 1. The summed E-state index contributed by atoms with van der Waals surface area (Å²) in [7, 11) is 0. The van der Waals surface area contributed by atoms with Gasteiger partial charge in [-0.15, -0.1) is 5.10 Å². The molecule has 0 radical (unpaired) electrons. The Morgan fingerprint density at radius 3 is 2.89 bits per heavy atom. The number of aromatic amines is 1. The van der Waals surface area contributed by atoms with Gasteiger partial charge < -0.3 is 10.6 Å². The van der Waals surface area contributed by atoms with Crippen molar-refractivity contribution in [3.05, 3.63) is 18.5 Å². The summed E-state index contributed by atoms with van der Waals surface area (Å²) in [6, 6.07) is 0. The van der Waals surface area contributed by atoms with Gasteiger partial charge in [-0.05, 0) is 25.3 Å². The van der Waals surface area contributed by atoms with Crippen molar-refractivity contribution in [2.75, 3.05) is 24.5 Å². The Morgan fingerprint density at radius 2 is 2.21 bits per heavy atom. The first-order chi connectivity index (χ1) is 9.35. The SMILES string of the molecule is NCC1CCN(c2n[nH]c(Cn3cncn3)n2)CC1. The topological polar surface area (TPSA) is 102 Å². The molecular weight excluding hydrogens is 244 g/mol. The third kappa shape index (κ3) is 2.73. The molecule has 1 aliphatic heterocycles. The molecule has 8 nitrogen and oxygen atoms in total. The first kappa shape index (κ1) is 12.1. The fourth-order valence-electron chi connectivity index (χ4n) is 2.33. The van der Waals surface area contributed by atoms with Crippen LogP contribution in [0.15, 0.2) is 12.7 Å². The maximum absolute atomic E-state index is 5.70. The van der Waals surface area contributed by atoms with E-state index in [1.165, 1.54) is 6.33 Å². The quantitative estimate of drug-likeness (QED) is 0.778. The number of piperidine rings is 1. The van der Waals surface area contributed by atoms with Gasteiger partial charge in [0.1, 0.15) is 25.0 Å². The van der Waals surface area contributed by atoms with Gasteiger partial charge in [0.15, 0.2) is 0 Å². The number of nitrogens with zero attached hydrogens (tertiary/aromatic N) is 6. The number of nitrogens with two attached hydrogens (primary N) is 1. The number of H-pyrrole nitrogens is 1. The molecule has 0 aliphatic carbocycles. The molecule has 0 amide bonds. The zero-order chi connectivity index (χ0) is 13.1. The van der Waals surface area contributed by atoms with E-state index in [0.29, 0.717) is 12.5 Å². The van der Waals surface area contributed by atoms with Crippen LogP contribution in [0.1, 0.15) is 18.7 Å². The molecule has 102 valence electrons. The number of anilines is 1. The molecule has 0 saturated carbocycles. The minimum absolute atomic E-state index is 0.562. The Morgan fingerprint density at radius 1 is 1.37 bits per heavy atom. The summed E-state index contributed by atoms with van der Waals surface area (Å²) in [5.74, 6) is 2.21. The summed E-state index contributed by atoms with van der Waals surface area (Å²) in [4.78, 5) is 10.6. The van der Waals surface area contributed by atoms with Crippen molar-refractivity contribution in [2.45, 2.75) is 19.4 Å². The standard InChI is InChI=1S/C11H18N8/c12-5-9-1-3-18(4-2-9)11-15-10(16-17-11)6-19-8-13-7-14-19/h7-9H,1-6,12H2,(H,15,16,17). The summed E-state index contributed by atoms with van der Waals surface area (Å²) in [5, 5.41) is 11.3. The lowest BCUT2D eigenvalue weighted by Crippen LogP contribution is -2.36. The van der Waals surface area contributed by atoms with E-state index in [-0.39, 0.29) is 0 Å². The van der Waals surface area contributed by atoms with E-state index in [1.807, 2.05) is 0 Å². The molecule has 2 aromatic rings. The number of rotatable bonds is 4. The Balaban J connectivity index is 1.62. The van der Waals surface area contributed by atoms with Crippen molar-refractivity contribution < 1.29 is 0 Å². The first-order valence-electron chi connectivity index (χ1n) is 6.54. The molecule has 1 saturated heterocycles. The predicted octanol–water partition coefficient (Wildman–Crippen LogP) is -0.380. The van der Waals surface area contributed by atoms with Crippen LogP contribution in [0.25, 0.3) is 0 Å². The molecule has 0 bridgehead atoms. The molecule has 2 aromatic heterocycles. The number of hydrogen-bond acceptors (Lipinski definition) is 6. The fourth-order valence-corrected chi connectivity index (χ4v) is 2.33. The van der Waals surface area contributed by atoms with Crippen LogP contribution in [0.3, 0.4) is 0 Å². The van der Waals surface area contributed by atoms with Gasteiger partial charge in [0.2, 0.25) is 5.95 Å². The molecule has 0 spiro atoms. The molecule has 3 rings (SSSR count). The summed E-state index contributed by atoms with van der Waals surface area (Å²) >= 11 is 0. The second-order valence-corrected chi connectivity index (χ2v) is 4.84. The molecule has 3 heterocycles. The summed E-state index contributed by atoms with van der Waals surface area (Å²) < 4.78 is 1.71. The van der Waals surface area contributed by atoms with Crippen LogP contribution in [0, 0.1) is 5.92 Å². The van der Waals surface area contributed by atoms with Gasteiger partial charge in [0.25, 0.3) is 0 Å². The third-order valence-electron chi connectivity index (χ3n) is 3.53. The molecule has 8 heteroatoms. The zero-order valence-electron chi connectivity index (χ0n) is 10.7. The second-order valence-electron chi connectivity index (χ2n) is 4.84. The van der Waals surface area contributed by atoms with Gasteiger partial charge in [0.05, 0.1) is 0 Å². The van der Waals surface area contributed by atoms with Crippen LogP contribution in [-0.2, 0) is 6.54 Å². The smallest absolute Gasteiger partial charge is 0.244 e. The highest BCUT2D eigenvalue weighted by Crippen LogP contribution is 2.19. The largest absolute Gasteiger partial charge is 0.340 e. The molecule has 0 aromatic carbocycles. The van der Waals surface area contributed by atoms with Gasteiger partial charge in [-0.25, -0.2) is 9.67 Å². The molecule has 3 N–H and O–H groups in total. The Hall–Kier alpha value is -1.96. The zero-order valence-corrected chi connectivity index (χ0v) is 10.7. The average molecular weight is 262 g/mol. The maximum atomic E-state index is 5.70. The monoisotopic (exact) mass is 262 g/mol. The number of aromatic nitrogens is 6. The van der Waals surface area contributed by atoms with Crippen LogP contribution in [0.4, 0.5) is 5.95 Å². The molecule has 0 atom stereocenters. The van der Waals surface area contributed by atoms with E-state index in [4.69, 9.17) is 5.73 Å². The van der Waals surface area contributed by atoms with Crippen LogP contribution in [0.2, 0.25) is 0 Å². The van der Waals surface area contributed by atoms with Crippen molar-refractivity contribution >= 4 is 5.95 Å². The average Bonchev–Trinajstić information content (AvgIpc) is 3.11. The predicted molar refractivity (Wildman–Crippen MR) is 69.5 cm³/mol. The number of hydrogen-bond donors (Lipinski definition) is 2. The lowest BCUT2D eigenvalue weighted by Gasteiger charge is -2.30. The van der Waals surface area contributed by atoms with E-state index in [0.717, 1.165) is 44.2 Å². The summed E-state index contributed by atoms with van der Waals surface area (Å²) in [5.41, 5.74) is 5.70. The van der Waals surface area contributed by atoms with Crippen molar-refractivity contribution in [3.63, 3.8) is 0 Å². The summed E-state index contributed by atoms with van der Waals surface area (Å²) in [6.07, 6.45) is 5.40. The third-order valence-corrected chi connectivity index (χ3v) is 3.53. The van der Waals surface area contributed by atoms with Gasteiger partial charge in [-0.3, -0.25) is 5.10 Å². The van der Waals surface area contributed by atoms with E-state index in [9.17, 15) is 0 Å². The highest BCUT2D eigenvalue weighted by atomic mass is 15.4. The normalized spacial score (nSPS) is 17.0. The Kier molecular flexibility index (Phi) is 3.41. The highest BCUT2D eigenvalue weighted by molar-refractivity contribution is 5.29. The second kappa shape index (κ2) is 5.35. The first-order valence-corrected chi connectivity index (χ1v) is 6.54. The molecular formula is C11H18N8. The van der Waals surface area contributed by atoms with Gasteiger partial charge >= 0.3 is 0 Å². The molecule has 1 fully saturated rings. The molecule has 0 unspecified atom stereocenters. The van der Waals surface area contributed by atoms with Gasteiger partial charge in [-0.2, -0.15) is 10.1 Å². The van der Waals surface area contributed by atoms with Crippen LogP contribution in [-0.4, -0.2) is 49.6 Å².